The lowest BCUT2D eigenvalue weighted by molar-refractivity contribution is 0.284. The molecule has 27 heavy (non-hydrogen) atoms. The molecule has 3 aromatic carbocycles. The molecule has 0 aromatic heterocycles. The quantitative estimate of drug-likeness (QED) is 0.584. The number of nitrogens with one attached hydrogen (secondary N) is 1. The van der Waals surface area contributed by atoms with Crippen LogP contribution < -0.4 is 14.8 Å². The van der Waals surface area contributed by atoms with Crippen LogP contribution in [0.4, 0.5) is 0 Å². The predicted molar refractivity (Wildman–Crippen MR) is 113 cm³/mol. The maximum atomic E-state index is 5.90. The van der Waals surface area contributed by atoms with E-state index in [0.29, 0.717) is 29.6 Å². The highest BCUT2D eigenvalue weighted by atomic mass is 32.1. The van der Waals surface area contributed by atoms with Gasteiger partial charge in [0.25, 0.3) is 0 Å². The number of benzene rings is 3. The molecular formula is C23H23NO2S. The molecule has 0 bridgehead atoms. The Bertz CT molecular complexity index is 909. The molecule has 0 aliphatic carbocycles. The Hall–Kier alpha value is -2.85. The molecule has 0 aliphatic rings. The second-order valence-corrected chi connectivity index (χ2v) is 6.72. The normalized spacial score (nSPS) is 10.3. The minimum absolute atomic E-state index is 0.493. The predicted octanol–water partition coefficient (Wildman–Crippen LogP) is 5.05. The van der Waals surface area contributed by atoms with Gasteiger partial charge in [0, 0.05) is 12.1 Å². The Kier molecular flexibility index (Phi) is 6.44. The third-order valence-corrected chi connectivity index (χ3v) is 4.58. The number of hydrogen-bond donors (Lipinski definition) is 1. The summed E-state index contributed by atoms with van der Waals surface area (Å²) in [6.07, 6.45) is 0. The van der Waals surface area contributed by atoms with Crippen LogP contribution in [0, 0.1) is 6.92 Å². The first-order chi connectivity index (χ1) is 13.2. The third kappa shape index (κ3) is 5.31. The van der Waals surface area contributed by atoms with Crippen molar-refractivity contribution in [3.05, 3.63) is 95.1 Å². The number of methoxy groups -OCH3 is 1. The second-order valence-electron chi connectivity index (χ2n) is 6.31. The van der Waals surface area contributed by atoms with E-state index < -0.39 is 0 Å². The van der Waals surface area contributed by atoms with Gasteiger partial charge in [0.1, 0.15) is 11.6 Å². The van der Waals surface area contributed by atoms with Crippen molar-refractivity contribution in [2.75, 3.05) is 7.11 Å². The van der Waals surface area contributed by atoms with Gasteiger partial charge in [-0.1, -0.05) is 72.4 Å². The molecule has 0 heterocycles. The molecule has 0 radical (unpaired) electrons. The Morgan fingerprint density at radius 1 is 0.889 bits per heavy atom. The summed E-state index contributed by atoms with van der Waals surface area (Å²) in [5.74, 6) is 1.37. The molecule has 0 spiro atoms. The standard InChI is InChI=1S/C23H23NO2S/c1-17-7-6-10-19(13-17)15-24-23(27)20-11-12-21(22(14-20)25-2)26-16-18-8-4-3-5-9-18/h3-14H,15-16H2,1-2H3,(H,24,27). The van der Waals surface area contributed by atoms with Gasteiger partial charge in [0.05, 0.1) is 7.11 Å². The van der Waals surface area contributed by atoms with E-state index in [1.54, 1.807) is 7.11 Å². The van der Waals surface area contributed by atoms with Crippen LogP contribution >= 0.6 is 12.2 Å². The maximum absolute atomic E-state index is 5.90. The van der Waals surface area contributed by atoms with E-state index in [1.807, 2.05) is 48.5 Å². The number of ether oxygens (including phenoxy) is 2. The number of aryl methyl sites for hydroxylation is 1. The summed E-state index contributed by atoms with van der Waals surface area (Å²) in [4.78, 5) is 0.685. The fraction of sp³-hybridized carbons (Fsp3) is 0.174. The van der Waals surface area contributed by atoms with Crippen molar-refractivity contribution in [2.24, 2.45) is 0 Å². The van der Waals surface area contributed by atoms with E-state index in [2.05, 4.69) is 36.5 Å². The van der Waals surface area contributed by atoms with Crippen LogP contribution in [-0.2, 0) is 13.2 Å². The highest BCUT2D eigenvalue weighted by Crippen LogP contribution is 2.29. The van der Waals surface area contributed by atoms with Gasteiger partial charge >= 0.3 is 0 Å². The first kappa shape index (κ1) is 18.9. The summed E-state index contributed by atoms with van der Waals surface area (Å²) >= 11 is 5.54. The van der Waals surface area contributed by atoms with Gasteiger partial charge in [-0.2, -0.15) is 0 Å². The van der Waals surface area contributed by atoms with Crippen molar-refractivity contribution in [2.45, 2.75) is 20.1 Å². The van der Waals surface area contributed by atoms with Crippen LogP contribution in [0.5, 0.6) is 11.5 Å². The van der Waals surface area contributed by atoms with Crippen molar-refractivity contribution >= 4 is 17.2 Å². The van der Waals surface area contributed by atoms with Gasteiger partial charge in [-0.25, -0.2) is 0 Å². The minimum atomic E-state index is 0.493. The fourth-order valence-corrected chi connectivity index (χ4v) is 2.97. The molecule has 0 amide bonds. The molecule has 0 saturated heterocycles. The average Bonchev–Trinajstić information content (AvgIpc) is 2.71. The summed E-state index contributed by atoms with van der Waals surface area (Å²) in [7, 11) is 1.64. The second kappa shape index (κ2) is 9.19. The molecule has 1 N–H and O–H groups in total. The lowest BCUT2D eigenvalue weighted by Crippen LogP contribution is -2.21. The minimum Gasteiger partial charge on any atom is -0.493 e. The van der Waals surface area contributed by atoms with Crippen LogP contribution in [0.3, 0.4) is 0 Å². The monoisotopic (exact) mass is 377 g/mol. The topological polar surface area (TPSA) is 30.5 Å². The molecule has 0 aliphatic heterocycles. The molecular weight excluding hydrogens is 354 g/mol. The van der Waals surface area contributed by atoms with Crippen molar-refractivity contribution in [3.63, 3.8) is 0 Å². The smallest absolute Gasteiger partial charge is 0.161 e. The van der Waals surface area contributed by atoms with E-state index >= 15 is 0 Å². The molecule has 3 rings (SSSR count). The number of hydrogen-bond acceptors (Lipinski definition) is 3. The molecule has 0 saturated carbocycles. The molecule has 3 aromatic rings. The van der Waals surface area contributed by atoms with Crippen LogP contribution in [0.15, 0.2) is 72.8 Å². The maximum Gasteiger partial charge on any atom is 0.161 e. The van der Waals surface area contributed by atoms with Gasteiger partial charge in [0.15, 0.2) is 11.5 Å². The molecule has 4 heteroatoms. The molecule has 3 nitrogen and oxygen atoms in total. The third-order valence-electron chi connectivity index (χ3n) is 4.20. The van der Waals surface area contributed by atoms with Crippen LogP contribution in [0.2, 0.25) is 0 Å². The highest BCUT2D eigenvalue weighted by Gasteiger charge is 2.09. The summed E-state index contributed by atoms with van der Waals surface area (Å²) in [6, 6.07) is 24.2. The van der Waals surface area contributed by atoms with Crippen molar-refractivity contribution in [1.29, 1.82) is 0 Å². The SMILES string of the molecule is COc1cc(C(=S)NCc2cccc(C)c2)ccc1OCc1ccccc1. The van der Waals surface area contributed by atoms with Crippen LogP contribution in [0.25, 0.3) is 0 Å². The Labute approximate surface area is 166 Å². The summed E-state index contributed by atoms with van der Waals surface area (Å²) < 4.78 is 11.4. The zero-order valence-corrected chi connectivity index (χ0v) is 16.4. The van der Waals surface area contributed by atoms with E-state index in [1.165, 1.54) is 11.1 Å². The molecule has 138 valence electrons. The summed E-state index contributed by atoms with van der Waals surface area (Å²) in [5, 5.41) is 3.31. The lowest BCUT2D eigenvalue weighted by Gasteiger charge is -2.14. The Morgan fingerprint density at radius 2 is 1.67 bits per heavy atom. The van der Waals surface area contributed by atoms with Crippen molar-refractivity contribution in [1.82, 2.24) is 5.32 Å². The average molecular weight is 378 g/mol. The van der Waals surface area contributed by atoms with Gasteiger partial charge in [-0.05, 0) is 36.2 Å². The van der Waals surface area contributed by atoms with Gasteiger partial charge < -0.3 is 14.8 Å². The van der Waals surface area contributed by atoms with Gasteiger partial charge in [-0.15, -0.1) is 0 Å². The fourth-order valence-electron chi connectivity index (χ4n) is 2.77. The van der Waals surface area contributed by atoms with Crippen LogP contribution in [-0.4, -0.2) is 12.1 Å². The highest BCUT2D eigenvalue weighted by molar-refractivity contribution is 7.80. The zero-order chi connectivity index (χ0) is 19.1. The first-order valence-corrected chi connectivity index (χ1v) is 9.25. The summed E-state index contributed by atoms with van der Waals surface area (Å²) in [5.41, 5.74) is 4.45. The van der Waals surface area contributed by atoms with Crippen molar-refractivity contribution in [3.8, 4) is 11.5 Å². The Balaban J connectivity index is 1.64. The molecule has 0 atom stereocenters. The summed E-state index contributed by atoms with van der Waals surface area (Å²) in [6.45, 7) is 3.27. The van der Waals surface area contributed by atoms with Gasteiger partial charge in [0.2, 0.25) is 0 Å². The van der Waals surface area contributed by atoms with Crippen LogP contribution in [0.1, 0.15) is 22.3 Å². The van der Waals surface area contributed by atoms with Gasteiger partial charge in [-0.3, -0.25) is 0 Å². The zero-order valence-electron chi connectivity index (χ0n) is 15.6. The van der Waals surface area contributed by atoms with E-state index in [-0.39, 0.29) is 0 Å². The van der Waals surface area contributed by atoms with Crippen molar-refractivity contribution < 1.29 is 9.47 Å². The van der Waals surface area contributed by atoms with E-state index in [0.717, 1.165) is 11.1 Å². The largest absolute Gasteiger partial charge is 0.493 e. The number of thiocarbonyl (C=S) groups is 1. The van der Waals surface area contributed by atoms with E-state index in [9.17, 15) is 0 Å². The lowest BCUT2D eigenvalue weighted by atomic mass is 10.1. The Morgan fingerprint density at radius 3 is 2.41 bits per heavy atom. The van der Waals surface area contributed by atoms with E-state index in [4.69, 9.17) is 21.7 Å². The number of rotatable bonds is 7. The molecule has 0 fully saturated rings. The first-order valence-electron chi connectivity index (χ1n) is 8.84. The molecule has 0 unspecified atom stereocenters.